The van der Waals surface area contributed by atoms with Gasteiger partial charge in [-0.25, -0.2) is 4.98 Å². The molecule has 0 aliphatic rings. The molecular weight excluding hydrogens is 286 g/mol. The number of aromatic nitrogens is 2. The summed E-state index contributed by atoms with van der Waals surface area (Å²) in [6.07, 6.45) is 3.61. The first-order valence-corrected chi connectivity index (χ1v) is 8.10. The number of hydrogen-bond donors (Lipinski definition) is 0. The van der Waals surface area contributed by atoms with E-state index in [-0.39, 0.29) is 0 Å². The van der Waals surface area contributed by atoms with Crippen LogP contribution in [0.5, 0.6) is 0 Å². The van der Waals surface area contributed by atoms with Crippen molar-refractivity contribution in [2.75, 3.05) is 0 Å². The highest BCUT2D eigenvalue weighted by Crippen LogP contribution is 2.18. The highest BCUT2D eigenvalue weighted by atomic mass is 16.3. The number of hydrogen-bond acceptors (Lipinski definition) is 4. The van der Waals surface area contributed by atoms with Crippen LogP contribution < -0.4 is 0 Å². The van der Waals surface area contributed by atoms with Gasteiger partial charge in [-0.1, -0.05) is 26.0 Å². The highest BCUT2D eigenvalue weighted by Gasteiger charge is 2.19. The standard InChI is InChI=1S/C19H23N3O/c1-14(2)15(3)22(13-17-7-6-10-23-17)12-16-11-20-18-8-4-5-9-19(18)21-16/h4-11,14-15H,12-13H2,1-3H3/t15-/m1/s1. The molecule has 2 aromatic heterocycles. The second-order valence-corrected chi connectivity index (χ2v) is 6.32. The van der Waals surface area contributed by atoms with Crippen LogP contribution in [0.15, 0.2) is 53.3 Å². The fourth-order valence-electron chi connectivity index (χ4n) is 2.65. The van der Waals surface area contributed by atoms with Gasteiger partial charge >= 0.3 is 0 Å². The SMILES string of the molecule is CC(C)[C@@H](C)N(Cc1cnc2ccccc2n1)Cc1ccco1. The van der Waals surface area contributed by atoms with Crippen molar-refractivity contribution >= 4 is 11.0 Å². The Kier molecular flexibility index (Phi) is 4.72. The van der Waals surface area contributed by atoms with Crippen molar-refractivity contribution in [1.82, 2.24) is 14.9 Å². The maximum absolute atomic E-state index is 5.52. The van der Waals surface area contributed by atoms with Gasteiger partial charge in [0.2, 0.25) is 0 Å². The van der Waals surface area contributed by atoms with Crippen molar-refractivity contribution in [2.45, 2.75) is 39.9 Å². The van der Waals surface area contributed by atoms with Gasteiger partial charge in [0.05, 0.1) is 35.7 Å². The molecule has 3 rings (SSSR count). The predicted octanol–water partition coefficient (Wildman–Crippen LogP) is 4.27. The number of nitrogens with zero attached hydrogens (tertiary/aromatic N) is 3. The number of furan rings is 1. The Hall–Kier alpha value is -2.20. The van der Waals surface area contributed by atoms with Crippen LogP contribution in [0.1, 0.15) is 32.2 Å². The molecule has 0 radical (unpaired) electrons. The van der Waals surface area contributed by atoms with Crippen LogP contribution >= 0.6 is 0 Å². The molecule has 0 saturated heterocycles. The smallest absolute Gasteiger partial charge is 0.117 e. The third-order valence-corrected chi connectivity index (χ3v) is 4.34. The molecule has 1 atom stereocenters. The van der Waals surface area contributed by atoms with E-state index in [4.69, 9.17) is 9.40 Å². The Balaban J connectivity index is 1.83. The van der Waals surface area contributed by atoms with Gasteiger partial charge in [-0.2, -0.15) is 0 Å². The van der Waals surface area contributed by atoms with E-state index in [2.05, 4.69) is 30.7 Å². The lowest BCUT2D eigenvalue weighted by Crippen LogP contribution is -2.36. The highest BCUT2D eigenvalue weighted by molar-refractivity contribution is 5.73. The van der Waals surface area contributed by atoms with E-state index in [1.807, 2.05) is 42.6 Å². The zero-order valence-corrected chi connectivity index (χ0v) is 13.9. The van der Waals surface area contributed by atoms with E-state index >= 15 is 0 Å². The minimum Gasteiger partial charge on any atom is -0.468 e. The molecule has 0 aliphatic heterocycles. The quantitative estimate of drug-likeness (QED) is 0.682. The van der Waals surface area contributed by atoms with Gasteiger partial charge in [-0.05, 0) is 37.1 Å². The van der Waals surface area contributed by atoms with Crippen molar-refractivity contribution in [2.24, 2.45) is 5.92 Å². The lowest BCUT2D eigenvalue weighted by molar-refractivity contribution is 0.139. The van der Waals surface area contributed by atoms with Gasteiger partial charge in [0.15, 0.2) is 0 Å². The van der Waals surface area contributed by atoms with Gasteiger partial charge in [0.1, 0.15) is 5.76 Å². The van der Waals surface area contributed by atoms with Gasteiger partial charge in [0.25, 0.3) is 0 Å². The molecule has 0 saturated carbocycles. The van der Waals surface area contributed by atoms with Crippen molar-refractivity contribution in [3.63, 3.8) is 0 Å². The summed E-state index contributed by atoms with van der Waals surface area (Å²) < 4.78 is 5.52. The summed E-state index contributed by atoms with van der Waals surface area (Å²) in [5, 5.41) is 0. The number of rotatable bonds is 6. The summed E-state index contributed by atoms with van der Waals surface area (Å²) >= 11 is 0. The Morgan fingerprint density at radius 3 is 2.48 bits per heavy atom. The summed E-state index contributed by atoms with van der Waals surface area (Å²) in [6, 6.07) is 12.4. The fraction of sp³-hybridized carbons (Fsp3) is 0.368. The van der Waals surface area contributed by atoms with Gasteiger partial charge in [0, 0.05) is 12.6 Å². The molecule has 23 heavy (non-hydrogen) atoms. The number of benzene rings is 1. The molecule has 0 fully saturated rings. The summed E-state index contributed by atoms with van der Waals surface area (Å²) in [4.78, 5) is 11.7. The van der Waals surface area contributed by atoms with Gasteiger partial charge < -0.3 is 4.42 Å². The van der Waals surface area contributed by atoms with E-state index in [1.54, 1.807) is 6.26 Å². The normalized spacial score (nSPS) is 13.1. The predicted molar refractivity (Wildman–Crippen MR) is 91.8 cm³/mol. The first-order chi connectivity index (χ1) is 11.1. The summed E-state index contributed by atoms with van der Waals surface area (Å²) in [7, 11) is 0. The third kappa shape index (κ3) is 3.77. The average molecular weight is 309 g/mol. The van der Waals surface area contributed by atoms with Crippen molar-refractivity contribution < 1.29 is 4.42 Å². The number of para-hydroxylation sites is 2. The van der Waals surface area contributed by atoms with Crippen LogP contribution in [-0.2, 0) is 13.1 Å². The summed E-state index contributed by atoms with van der Waals surface area (Å²) in [5.41, 5.74) is 2.87. The van der Waals surface area contributed by atoms with E-state index < -0.39 is 0 Å². The lowest BCUT2D eigenvalue weighted by Gasteiger charge is -2.30. The third-order valence-electron chi connectivity index (χ3n) is 4.34. The van der Waals surface area contributed by atoms with Crippen LogP contribution in [0.2, 0.25) is 0 Å². The van der Waals surface area contributed by atoms with Crippen LogP contribution in [0.4, 0.5) is 0 Å². The molecule has 0 N–H and O–H groups in total. The second kappa shape index (κ2) is 6.92. The monoisotopic (exact) mass is 309 g/mol. The molecule has 0 amide bonds. The van der Waals surface area contributed by atoms with Crippen LogP contribution in [0.3, 0.4) is 0 Å². The fourth-order valence-corrected chi connectivity index (χ4v) is 2.65. The average Bonchev–Trinajstić information content (AvgIpc) is 3.06. The molecule has 0 unspecified atom stereocenters. The van der Waals surface area contributed by atoms with Crippen LogP contribution in [0, 0.1) is 5.92 Å². The van der Waals surface area contributed by atoms with Gasteiger partial charge in [-0.15, -0.1) is 0 Å². The van der Waals surface area contributed by atoms with Crippen molar-refractivity contribution in [3.05, 3.63) is 60.3 Å². The molecule has 4 nitrogen and oxygen atoms in total. The van der Waals surface area contributed by atoms with Crippen LogP contribution in [0.25, 0.3) is 11.0 Å². The molecule has 0 spiro atoms. The second-order valence-electron chi connectivity index (χ2n) is 6.32. The molecule has 4 heteroatoms. The van der Waals surface area contributed by atoms with Crippen molar-refractivity contribution in [3.8, 4) is 0 Å². The molecule has 2 heterocycles. The Morgan fingerprint density at radius 2 is 1.78 bits per heavy atom. The molecule has 3 aromatic rings. The van der Waals surface area contributed by atoms with Crippen LogP contribution in [-0.4, -0.2) is 20.9 Å². The Labute approximate surface area is 137 Å². The zero-order chi connectivity index (χ0) is 16.2. The molecule has 0 bridgehead atoms. The first-order valence-electron chi connectivity index (χ1n) is 8.10. The first kappa shape index (κ1) is 15.7. The Morgan fingerprint density at radius 1 is 1.00 bits per heavy atom. The van der Waals surface area contributed by atoms with Crippen molar-refractivity contribution in [1.29, 1.82) is 0 Å². The molecular formula is C19H23N3O. The minimum absolute atomic E-state index is 0.424. The minimum atomic E-state index is 0.424. The topological polar surface area (TPSA) is 42.2 Å². The maximum Gasteiger partial charge on any atom is 0.117 e. The Bertz CT molecular complexity index is 752. The van der Waals surface area contributed by atoms with E-state index in [9.17, 15) is 0 Å². The van der Waals surface area contributed by atoms with E-state index in [1.165, 1.54) is 0 Å². The maximum atomic E-state index is 5.52. The summed E-state index contributed by atoms with van der Waals surface area (Å²) in [5.74, 6) is 1.53. The number of fused-ring (bicyclic) bond motifs is 1. The van der Waals surface area contributed by atoms with E-state index in [0.717, 1.165) is 35.6 Å². The summed E-state index contributed by atoms with van der Waals surface area (Å²) in [6.45, 7) is 8.28. The van der Waals surface area contributed by atoms with Gasteiger partial charge in [-0.3, -0.25) is 9.88 Å². The zero-order valence-electron chi connectivity index (χ0n) is 13.9. The largest absolute Gasteiger partial charge is 0.468 e. The molecule has 120 valence electrons. The lowest BCUT2D eigenvalue weighted by atomic mass is 10.0. The molecule has 1 aromatic carbocycles. The molecule has 0 aliphatic carbocycles. The van der Waals surface area contributed by atoms with E-state index in [0.29, 0.717) is 12.0 Å².